The standard InChI is InChI=1S/2C10H14N2O.2C7H5BrO2.Cu.2H2O/c2*1-3-12(4-2)10(13)9-6-5-7-11-8-9;2*8-6-3-1-5(2-4-6)7(9)10;;;/h2*5-8H,3-4H2,1-2H3;2*1-4H,(H,9,10);;2*1H2/q;;;;+2;;/p-2. The maximum absolute atomic E-state index is 11.7. The quantitative estimate of drug-likeness (QED) is 0.240. The normalized spacial score (nSPS) is 8.94. The molecule has 1 radical (unpaired) electrons. The molecule has 0 unspecified atom stereocenters. The number of benzene rings is 2. The van der Waals surface area contributed by atoms with E-state index in [4.69, 9.17) is 0 Å². The number of amides is 2. The van der Waals surface area contributed by atoms with Crippen LogP contribution in [0.1, 0.15) is 69.1 Å². The molecule has 49 heavy (non-hydrogen) atoms. The summed E-state index contributed by atoms with van der Waals surface area (Å²) in [5, 5.41) is 20.4. The van der Waals surface area contributed by atoms with Crippen LogP contribution in [0.15, 0.2) is 107 Å². The summed E-state index contributed by atoms with van der Waals surface area (Å²) in [5.74, 6) is -2.18. The molecule has 0 bridgehead atoms. The molecule has 4 N–H and O–H groups in total. The van der Waals surface area contributed by atoms with Crippen molar-refractivity contribution in [2.75, 3.05) is 26.2 Å². The Bertz CT molecular complexity index is 1380. The van der Waals surface area contributed by atoms with Crippen LogP contribution in [0.2, 0.25) is 0 Å². The maximum atomic E-state index is 11.7. The topological polar surface area (TPSA) is 210 Å². The van der Waals surface area contributed by atoms with Crippen LogP contribution in [0.5, 0.6) is 0 Å². The zero-order valence-electron chi connectivity index (χ0n) is 27.4. The first-order valence-electron chi connectivity index (χ1n) is 14.3. The van der Waals surface area contributed by atoms with Gasteiger partial charge in [-0.2, -0.15) is 0 Å². The van der Waals surface area contributed by atoms with Crippen molar-refractivity contribution in [2.24, 2.45) is 0 Å². The molecule has 2 heterocycles. The molecule has 0 atom stereocenters. The Balaban J connectivity index is -0.000000568. The van der Waals surface area contributed by atoms with E-state index in [1.807, 2.05) is 27.7 Å². The average molecular weight is 856 g/mol. The van der Waals surface area contributed by atoms with E-state index in [1.165, 1.54) is 24.3 Å². The van der Waals surface area contributed by atoms with Gasteiger partial charge < -0.3 is 40.6 Å². The average Bonchev–Trinajstić information content (AvgIpc) is 3.08. The smallest absolute Gasteiger partial charge is 0.545 e. The van der Waals surface area contributed by atoms with Crippen LogP contribution in [0.25, 0.3) is 0 Å². The minimum absolute atomic E-state index is 0. The molecule has 269 valence electrons. The van der Waals surface area contributed by atoms with Crippen molar-refractivity contribution < 1.29 is 57.4 Å². The predicted molar refractivity (Wildman–Crippen MR) is 187 cm³/mol. The van der Waals surface area contributed by atoms with Gasteiger partial charge in [0.15, 0.2) is 0 Å². The molecular formula is C34H40Br2CuN4O8. The second-order valence-electron chi connectivity index (χ2n) is 9.03. The molecule has 12 nitrogen and oxygen atoms in total. The van der Waals surface area contributed by atoms with Crippen molar-refractivity contribution in [2.45, 2.75) is 27.7 Å². The van der Waals surface area contributed by atoms with Gasteiger partial charge in [0, 0.05) is 59.9 Å². The van der Waals surface area contributed by atoms with Crippen LogP contribution in [0, 0.1) is 0 Å². The number of nitrogens with zero attached hydrogens (tertiary/aromatic N) is 4. The molecule has 0 saturated heterocycles. The number of pyridine rings is 2. The van der Waals surface area contributed by atoms with Gasteiger partial charge in [-0.15, -0.1) is 0 Å². The SMILES string of the molecule is CCN(CC)C(=O)c1cccnc1.CCN(CC)C(=O)c1cccnc1.O.O.O=C([O-])c1ccc(Br)cc1.O=C([O-])c1ccc(Br)cc1.[Cu+2]. The summed E-state index contributed by atoms with van der Waals surface area (Å²) in [6, 6.07) is 19.7. The fraction of sp³-hybridized carbons (Fsp3) is 0.235. The molecule has 4 aromatic rings. The van der Waals surface area contributed by atoms with Gasteiger partial charge in [0.25, 0.3) is 11.8 Å². The monoisotopic (exact) mass is 853 g/mol. The van der Waals surface area contributed by atoms with E-state index in [2.05, 4.69) is 41.8 Å². The van der Waals surface area contributed by atoms with Gasteiger partial charge in [-0.05, 0) is 87.4 Å². The number of carbonyl (C=O) groups is 4. The van der Waals surface area contributed by atoms with Crippen LogP contribution in [-0.4, -0.2) is 80.7 Å². The molecule has 2 aromatic carbocycles. The number of hydrogen-bond donors (Lipinski definition) is 0. The summed E-state index contributed by atoms with van der Waals surface area (Å²) in [6.07, 6.45) is 6.53. The van der Waals surface area contributed by atoms with Gasteiger partial charge in [0.05, 0.1) is 23.1 Å². The van der Waals surface area contributed by atoms with Crippen molar-refractivity contribution in [3.05, 3.63) is 129 Å². The Morgan fingerprint density at radius 2 is 0.837 bits per heavy atom. The number of carboxylic acid groups (broad SMARTS) is 2. The molecule has 0 spiro atoms. The Morgan fingerprint density at radius 3 is 1.04 bits per heavy atom. The number of aromatic carboxylic acids is 2. The summed E-state index contributed by atoms with van der Waals surface area (Å²) in [6.45, 7) is 10.8. The van der Waals surface area contributed by atoms with Crippen molar-refractivity contribution in [3.63, 3.8) is 0 Å². The van der Waals surface area contributed by atoms with E-state index in [9.17, 15) is 29.4 Å². The first-order valence-corrected chi connectivity index (χ1v) is 15.9. The van der Waals surface area contributed by atoms with Crippen LogP contribution < -0.4 is 10.2 Å². The Kier molecular flexibility index (Phi) is 28.1. The van der Waals surface area contributed by atoms with Gasteiger partial charge in [-0.25, -0.2) is 0 Å². The Morgan fingerprint density at radius 1 is 0.551 bits per heavy atom. The third-order valence-electron chi connectivity index (χ3n) is 6.08. The van der Waals surface area contributed by atoms with E-state index < -0.39 is 11.9 Å². The van der Waals surface area contributed by atoms with Crippen molar-refractivity contribution >= 4 is 55.6 Å². The van der Waals surface area contributed by atoms with E-state index in [0.717, 1.165) is 35.1 Å². The number of halogens is 2. The van der Waals surface area contributed by atoms with E-state index in [1.54, 1.807) is 83.1 Å². The molecule has 15 heteroatoms. The number of aromatic nitrogens is 2. The zero-order chi connectivity index (χ0) is 34.5. The number of rotatable bonds is 8. The molecule has 0 saturated carbocycles. The summed E-state index contributed by atoms with van der Waals surface area (Å²) in [4.78, 5) is 55.1. The Hall–Kier alpha value is -3.98. The van der Waals surface area contributed by atoms with Crippen molar-refractivity contribution in [3.8, 4) is 0 Å². The minimum atomic E-state index is -1.15. The van der Waals surface area contributed by atoms with E-state index >= 15 is 0 Å². The predicted octanol–water partition coefficient (Wildman–Crippen LogP) is 3.10. The third-order valence-corrected chi connectivity index (χ3v) is 7.14. The first kappa shape index (κ1) is 49.4. The fourth-order valence-electron chi connectivity index (χ4n) is 3.54. The van der Waals surface area contributed by atoms with Gasteiger partial charge in [0.1, 0.15) is 0 Å². The summed E-state index contributed by atoms with van der Waals surface area (Å²) < 4.78 is 1.72. The van der Waals surface area contributed by atoms with E-state index in [0.29, 0.717) is 11.1 Å². The first-order chi connectivity index (χ1) is 22.0. The zero-order valence-corrected chi connectivity index (χ0v) is 31.5. The minimum Gasteiger partial charge on any atom is -0.545 e. The number of hydrogen-bond acceptors (Lipinski definition) is 8. The van der Waals surface area contributed by atoms with Gasteiger partial charge >= 0.3 is 17.1 Å². The number of carboxylic acids is 2. The summed E-state index contributed by atoms with van der Waals surface area (Å²) in [7, 11) is 0. The van der Waals surface area contributed by atoms with Crippen molar-refractivity contribution in [1.29, 1.82) is 0 Å². The second kappa shape index (κ2) is 27.9. The van der Waals surface area contributed by atoms with Gasteiger partial charge in [-0.3, -0.25) is 19.6 Å². The van der Waals surface area contributed by atoms with Gasteiger partial charge in [-0.1, -0.05) is 56.1 Å². The molecular weight excluding hydrogens is 816 g/mol. The van der Waals surface area contributed by atoms with Crippen LogP contribution in [-0.2, 0) is 17.1 Å². The summed E-state index contributed by atoms with van der Waals surface area (Å²) in [5.41, 5.74) is 1.71. The molecule has 0 aliphatic carbocycles. The molecule has 0 aliphatic heterocycles. The molecule has 2 amide bonds. The van der Waals surface area contributed by atoms with Crippen LogP contribution in [0.3, 0.4) is 0 Å². The number of carbonyl (C=O) groups excluding carboxylic acids is 4. The van der Waals surface area contributed by atoms with E-state index in [-0.39, 0.29) is 51.0 Å². The van der Waals surface area contributed by atoms with Crippen LogP contribution in [0.4, 0.5) is 0 Å². The molecule has 0 aliphatic rings. The second-order valence-corrected chi connectivity index (χ2v) is 10.9. The van der Waals surface area contributed by atoms with Gasteiger partial charge in [0.2, 0.25) is 0 Å². The summed E-state index contributed by atoms with van der Waals surface area (Å²) >= 11 is 6.36. The third kappa shape index (κ3) is 19.0. The van der Waals surface area contributed by atoms with Crippen molar-refractivity contribution in [1.82, 2.24) is 19.8 Å². The molecule has 2 aromatic heterocycles. The van der Waals surface area contributed by atoms with Crippen LogP contribution >= 0.6 is 31.9 Å². The largest absolute Gasteiger partial charge is 2.00 e. The molecule has 0 fully saturated rings. The Labute approximate surface area is 313 Å². The maximum Gasteiger partial charge on any atom is 2.00 e. The molecule has 4 rings (SSSR count). The fourth-order valence-corrected chi connectivity index (χ4v) is 4.07.